The zero-order valence-corrected chi connectivity index (χ0v) is 53.1. The number of unbranched alkanes of at least 4 members (excludes halogenated alkanes) is 49. The summed E-state index contributed by atoms with van der Waals surface area (Å²) in [6.07, 6.45) is 89.2. The molecule has 6 heteroatoms. The average molecular weight is 1110 g/mol. The summed E-state index contributed by atoms with van der Waals surface area (Å²) >= 11 is 0. The molecule has 0 aromatic carbocycles. The molecule has 0 spiro atoms. The normalized spacial score (nSPS) is 12.8. The number of aliphatic hydroxyl groups excluding tert-OH is 2. The van der Waals surface area contributed by atoms with Gasteiger partial charge in [0.15, 0.2) is 0 Å². The lowest BCUT2D eigenvalue weighted by molar-refractivity contribution is -0.143. The number of esters is 1. The van der Waals surface area contributed by atoms with E-state index in [4.69, 9.17) is 4.74 Å². The quantitative estimate of drug-likeness (QED) is 0.0320. The predicted molar refractivity (Wildman–Crippen MR) is 347 cm³/mol. The van der Waals surface area contributed by atoms with E-state index in [0.29, 0.717) is 19.4 Å². The lowest BCUT2D eigenvalue weighted by Gasteiger charge is -2.20. The first-order chi connectivity index (χ1) is 39.0. The second kappa shape index (κ2) is 68.3. The SMILES string of the molecule is CCCCC/C=C\C/C=C\CCCCCCCCCCCC(=O)OCCCCCCCCCCCCCC/C=C\CCCCCCCCCCCCCCCCCCCC(=O)NC(CO)C(O)/C=C/CCCCCCCCCC. The van der Waals surface area contributed by atoms with Gasteiger partial charge in [-0.25, -0.2) is 0 Å². The molecule has 0 aliphatic heterocycles. The zero-order chi connectivity index (χ0) is 57.1. The van der Waals surface area contributed by atoms with Crippen molar-refractivity contribution >= 4 is 11.9 Å². The Hall–Kier alpha value is -2.18. The zero-order valence-electron chi connectivity index (χ0n) is 53.1. The molecule has 0 rings (SSSR count). The van der Waals surface area contributed by atoms with Crippen LogP contribution in [0.5, 0.6) is 0 Å². The summed E-state index contributed by atoms with van der Waals surface area (Å²) < 4.78 is 5.51. The van der Waals surface area contributed by atoms with Crippen molar-refractivity contribution in [1.29, 1.82) is 0 Å². The number of nitrogens with one attached hydrogen (secondary N) is 1. The van der Waals surface area contributed by atoms with Gasteiger partial charge in [0.1, 0.15) is 0 Å². The number of rotatable bonds is 66. The molecule has 0 aromatic rings. The van der Waals surface area contributed by atoms with E-state index >= 15 is 0 Å². The number of carbonyl (C=O) groups is 2. The molecule has 464 valence electrons. The molecule has 0 heterocycles. The minimum Gasteiger partial charge on any atom is -0.466 e. The summed E-state index contributed by atoms with van der Waals surface area (Å²) in [5.41, 5.74) is 0. The van der Waals surface area contributed by atoms with E-state index in [-0.39, 0.29) is 18.5 Å². The Morgan fingerprint density at radius 1 is 0.354 bits per heavy atom. The fraction of sp³-hybridized carbons (Fsp3) is 0.863. The lowest BCUT2D eigenvalue weighted by atomic mass is 10.0. The third-order valence-electron chi connectivity index (χ3n) is 16.3. The second-order valence-corrected chi connectivity index (χ2v) is 24.2. The van der Waals surface area contributed by atoms with Gasteiger partial charge in [-0.1, -0.05) is 326 Å². The van der Waals surface area contributed by atoms with Crippen molar-refractivity contribution in [2.45, 2.75) is 392 Å². The second-order valence-electron chi connectivity index (χ2n) is 24.2. The monoisotopic (exact) mass is 1110 g/mol. The fourth-order valence-corrected chi connectivity index (χ4v) is 10.9. The molecule has 6 nitrogen and oxygen atoms in total. The van der Waals surface area contributed by atoms with Crippen LogP contribution in [0.3, 0.4) is 0 Å². The summed E-state index contributed by atoms with van der Waals surface area (Å²) in [7, 11) is 0. The number of hydrogen-bond donors (Lipinski definition) is 3. The molecular formula is C73H137NO5. The van der Waals surface area contributed by atoms with E-state index in [1.54, 1.807) is 6.08 Å². The van der Waals surface area contributed by atoms with Crippen LogP contribution in [0.15, 0.2) is 48.6 Å². The van der Waals surface area contributed by atoms with Crippen molar-refractivity contribution in [2.75, 3.05) is 13.2 Å². The Labute approximate surface area is 493 Å². The van der Waals surface area contributed by atoms with Gasteiger partial charge in [0, 0.05) is 12.8 Å². The van der Waals surface area contributed by atoms with Crippen LogP contribution >= 0.6 is 0 Å². The van der Waals surface area contributed by atoms with Crippen LogP contribution in [0.1, 0.15) is 380 Å². The minimum atomic E-state index is -0.841. The van der Waals surface area contributed by atoms with Crippen LogP contribution in [-0.2, 0) is 14.3 Å². The third-order valence-corrected chi connectivity index (χ3v) is 16.3. The van der Waals surface area contributed by atoms with Gasteiger partial charge < -0.3 is 20.3 Å². The Kier molecular flexibility index (Phi) is 66.4. The molecule has 2 unspecified atom stereocenters. The molecule has 0 fully saturated rings. The van der Waals surface area contributed by atoms with Crippen LogP contribution < -0.4 is 5.32 Å². The number of aliphatic hydroxyl groups is 2. The third kappa shape index (κ3) is 64.8. The van der Waals surface area contributed by atoms with E-state index in [1.807, 2.05) is 6.08 Å². The van der Waals surface area contributed by atoms with Crippen molar-refractivity contribution in [3.05, 3.63) is 48.6 Å². The first-order valence-corrected chi connectivity index (χ1v) is 35.4. The topological polar surface area (TPSA) is 95.9 Å². The first-order valence-electron chi connectivity index (χ1n) is 35.4. The van der Waals surface area contributed by atoms with Crippen LogP contribution in [-0.4, -0.2) is 47.4 Å². The summed E-state index contributed by atoms with van der Waals surface area (Å²) in [6, 6.07) is -0.624. The highest BCUT2D eigenvalue weighted by Gasteiger charge is 2.18. The highest BCUT2D eigenvalue weighted by Crippen LogP contribution is 2.18. The molecule has 0 aromatic heterocycles. The van der Waals surface area contributed by atoms with E-state index in [0.717, 1.165) is 51.4 Å². The van der Waals surface area contributed by atoms with Crippen molar-refractivity contribution < 1.29 is 24.5 Å². The summed E-state index contributed by atoms with van der Waals surface area (Å²) in [5.74, 6) is -0.0512. The molecular weight excluding hydrogens is 971 g/mol. The average Bonchev–Trinajstić information content (AvgIpc) is 3.45. The van der Waals surface area contributed by atoms with Crippen molar-refractivity contribution in [2.24, 2.45) is 0 Å². The largest absolute Gasteiger partial charge is 0.466 e. The Bertz CT molecular complexity index is 1320. The van der Waals surface area contributed by atoms with Gasteiger partial charge in [-0.15, -0.1) is 0 Å². The van der Waals surface area contributed by atoms with Crippen molar-refractivity contribution in [1.82, 2.24) is 5.32 Å². The first kappa shape index (κ1) is 76.8. The molecule has 79 heavy (non-hydrogen) atoms. The minimum absolute atomic E-state index is 0.0147. The van der Waals surface area contributed by atoms with Crippen LogP contribution in [0.2, 0.25) is 0 Å². The highest BCUT2D eigenvalue weighted by atomic mass is 16.5. The smallest absolute Gasteiger partial charge is 0.305 e. The van der Waals surface area contributed by atoms with Gasteiger partial charge in [-0.2, -0.15) is 0 Å². The maximum absolute atomic E-state index is 12.4. The van der Waals surface area contributed by atoms with Gasteiger partial charge in [0.2, 0.25) is 5.91 Å². The number of carbonyl (C=O) groups excluding carboxylic acids is 2. The maximum atomic E-state index is 12.4. The molecule has 0 saturated heterocycles. The summed E-state index contributed by atoms with van der Waals surface area (Å²) in [6.45, 7) is 4.88. The Balaban J connectivity index is 3.33. The van der Waals surface area contributed by atoms with Crippen molar-refractivity contribution in [3.63, 3.8) is 0 Å². The van der Waals surface area contributed by atoms with Gasteiger partial charge in [-0.05, 0) is 89.9 Å². The van der Waals surface area contributed by atoms with E-state index in [9.17, 15) is 19.8 Å². The van der Waals surface area contributed by atoms with Gasteiger partial charge >= 0.3 is 5.97 Å². The van der Waals surface area contributed by atoms with E-state index in [1.165, 1.54) is 302 Å². The number of ether oxygens (including phenoxy) is 1. The number of amides is 1. The van der Waals surface area contributed by atoms with Crippen LogP contribution in [0, 0.1) is 0 Å². The van der Waals surface area contributed by atoms with Gasteiger partial charge in [-0.3, -0.25) is 9.59 Å². The summed E-state index contributed by atoms with van der Waals surface area (Å²) in [5, 5.41) is 23.0. The molecule has 0 aliphatic rings. The molecule has 2 atom stereocenters. The van der Waals surface area contributed by atoms with Crippen LogP contribution in [0.4, 0.5) is 0 Å². The fourth-order valence-electron chi connectivity index (χ4n) is 10.9. The predicted octanol–water partition coefficient (Wildman–Crippen LogP) is 22.9. The number of hydrogen-bond acceptors (Lipinski definition) is 5. The molecule has 0 saturated carbocycles. The standard InChI is InChI=1S/C73H137NO5/c1-3-5-7-9-11-13-15-16-17-18-34-38-41-44-47-51-55-59-63-67-73(78)79-68-64-60-56-52-48-45-42-39-36-33-31-29-27-25-23-21-19-20-22-24-26-28-30-32-35-37-40-43-46-50-54-58-62-66-72(77)74-70(69-75)71(76)65-61-57-53-49-14-12-10-8-6-4-2/h11,13,16-17,23,25,61,65,70-71,75-76H,3-10,12,14-15,18-22,24,26-60,62-64,66-69H2,1-2H3,(H,74,77)/b13-11-,17-16-,25-23-,65-61+. The van der Waals surface area contributed by atoms with E-state index in [2.05, 4.69) is 55.6 Å². The maximum Gasteiger partial charge on any atom is 0.305 e. The Morgan fingerprint density at radius 3 is 1.00 bits per heavy atom. The van der Waals surface area contributed by atoms with Crippen molar-refractivity contribution in [3.8, 4) is 0 Å². The number of allylic oxidation sites excluding steroid dienone is 7. The molecule has 1 amide bonds. The molecule has 3 N–H and O–H groups in total. The molecule has 0 bridgehead atoms. The lowest BCUT2D eigenvalue weighted by Crippen LogP contribution is -2.45. The Morgan fingerprint density at radius 2 is 0.633 bits per heavy atom. The molecule has 0 aliphatic carbocycles. The summed E-state index contributed by atoms with van der Waals surface area (Å²) in [4.78, 5) is 24.5. The van der Waals surface area contributed by atoms with Gasteiger partial charge in [0.25, 0.3) is 0 Å². The van der Waals surface area contributed by atoms with E-state index < -0.39 is 12.1 Å². The molecule has 0 radical (unpaired) electrons. The van der Waals surface area contributed by atoms with Crippen LogP contribution in [0.25, 0.3) is 0 Å². The highest BCUT2D eigenvalue weighted by molar-refractivity contribution is 5.76. The van der Waals surface area contributed by atoms with Gasteiger partial charge in [0.05, 0.1) is 25.4 Å².